The Morgan fingerprint density at radius 2 is 2.24 bits per heavy atom. The van der Waals surface area contributed by atoms with E-state index in [-0.39, 0.29) is 16.7 Å². The number of para-hydroxylation sites is 1. The molecule has 1 rings (SSSR count). The second-order valence-electron chi connectivity index (χ2n) is 4.06. The third kappa shape index (κ3) is 3.71. The van der Waals surface area contributed by atoms with Crippen LogP contribution in [0.4, 0.5) is 11.4 Å². The Kier molecular flexibility index (Phi) is 4.90. The number of hydrogen-bond acceptors (Lipinski definition) is 4. The van der Waals surface area contributed by atoms with Crippen molar-refractivity contribution in [1.82, 2.24) is 0 Å². The summed E-state index contributed by atoms with van der Waals surface area (Å²) < 4.78 is 4.98. The zero-order chi connectivity index (χ0) is 12.8. The Hall–Kier alpha value is -1.62. The van der Waals surface area contributed by atoms with Gasteiger partial charge in [0.05, 0.1) is 4.92 Å². The van der Waals surface area contributed by atoms with Gasteiger partial charge in [0.15, 0.2) is 0 Å². The van der Waals surface area contributed by atoms with Crippen molar-refractivity contribution in [2.75, 3.05) is 19.0 Å². The zero-order valence-corrected chi connectivity index (χ0v) is 10.4. The lowest BCUT2D eigenvalue weighted by molar-refractivity contribution is -0.384. The number of nitrogens with one attached hydrogen (secondary N) is 1. The second-order valence-corrected chi connectivity index (χ2v) is 4.06. The van der Waals surface area contributed by atoms with E-state index >= 15 is 0 Å². The van der Waals surface area contributed by atoms with Crippen LogP contribution in [0.15, 0.2) is 18.2 Å². The summed E-state index contributed by atoms with van der Waals surface area (Å²) in [6.45, 7) is 4.35. The molecule has 94 valence electrons. The average molecular weight is 238 g/mol. The van der Waals surface area contributed by atoms with E-state index in [0.29, 0.717) is 17.9 Å². The van der Waals surface area contributed by atoms with E-state index in [9.17, 15) is 10.1 Å². The van der Waals surface area contributed by atoms with Gasteiger partial charge in [0.25, 0.3) is 5.69 Å². The van der Waals surface area contributed by atoms with Crippen LogP contribution in [0.1, 0.15) is 18.9 Å². The van der Waals surface area contributed by atoms with Gasteiger partial charge in [-0.1, -0.05) is 12.1 Å². The minimum Gasteiger partial charge on any atom is -0.385 e. The molecule has 0 fully saturated rings. The Morgan fingerprint density at radius 3 is 2.82 bits per heavy atom. The molecule has 5 nitrogen and oxygen atoms in total. The van der Waals surface area contributed by atoms with E-state index < -0.39 is 0 Å². The molecule has 5 heteroatoms. The molecule has 1 N–H and O–H groups in total. The average Bonchev–Trinajstić information content (AvgIpc) is 2.25. The molecule has 0 aliphatic heterocycles. The maximum Gasteiger partial charge on any atom is 0.295 e. The maximum absolute atomic E-state index is 11.0. The van der Waals surface area contributed by atoms with Crippen molar-refractivity contribution in [3.63, 3.8) is 0 Å². The van der Waals surface area contributed by atoms with Crippen molar-refractivity contribution in [3.05, 3.63) is 33.9 Å². The van der Waals surface area contributed by atoms with Gasteiger partial charge in [-0.2, -0.15) is 0 Å². The Morgan fingerprint density at radius 1 is 1.53 bits per heavy atom. The first-order valence-corrected chi connectivity index (χ1v) is 5.55. The highest BCUT2D eigenvalue weighted by atomic mass is 16.6. The smallest absolute Gasteiger partial charge is 0.295 e. The van der Waals surface area contributed by atoms with Crippen LogP contribution in [-0.2, 0) is 4.74 Å². The molecule has 0 aliphatic carbocycles. The van der Waals surface area contributed by atoms with E-state index in [2.05, 4.69) is 5.32 Å². The van der Waals surface area contributed by atoms with Crippen molar-refractivity contribution < 1.29 is 9.66 Å². The molecular weight excluding hydrogens is 220 g/mol. The molecule has 1 atom stereocenters. The second kappa shape index (κ2) is 6.20. The van der Waals surface area contributed by atoms with Crippen molar-refractivity contribution in [1.29, 1.82) is 0 Å². The molecule has 0 aliphatic rings. The molecule has 0 amide bonds. The quantitative estimate of drug-likeness (QED) is 0.611. The zero-order valence-electron chi connectivity index (χ0n) is 10.4. The SMILES string of the molecule is COCCC(C)Nc1cccc(C)c1[N+](=O)[O-]. The molecule has 1 unspecified atom stereocenters. The normalized spacial score (nSPS) is 12.2. The number of rotatable bonds is 6. The molecular formula is C12H18N2O3. The van der Waals surface area contributed by atoms with Crippen LogP contribution in [0, 0.1) is 17.0 Å². The minimum atomic E-state index is -0.347. The van der Waals surface area contributed by atoms with Gasteiger partial charge >= 0.3 is 0 Å². The van der Waals surface area contributed by atoms with E-state index in [1.807, 2.05) is 13.0 Å². The van der Waals surface area contributed by atoms with Crippen LogP contribution >= 0.6 is 0 Å². The molecule has 1 aromatic rings. The monoisotopic (exact) mass is 238 g/mol. The highest BCUT2D eigenvalue weighted by molar-refractivity contribution is 5.65. The lowest BCUT2D eigenvalue weighted by atomic mass is 10.1. The maximum atomic E-state index is 11.0. The highest BCUT2D eigenvalue weighted by Crippen LogP contribution is 2.28. The molecule has 0 saturated carbocycles. The fourth-order valence-electron chi connectivity index (χ4n) is 1.65. The molecule has 0 radical (unpaired) electrons. The van der Waals surface area contributed by atoms with Gasteiger partial charge in [0.2, 0.25) is 0 Å². The standard InChI is InChI=1S/C12H18N2O3/c1-9-5-4-6-11(12(9)14(15)16)13-10(2)7-8-17-3/h4-6,10,13H,7-8H2,1-3H3. The largest absolute Gasteiger partial charge is 0.385 e. The third-order valence-electron chi connectivity index (χ3n) is 2.58. The lowest BCUT2D eigenvalue weighted by Crippen LogP contribution is -2.18. The number of nitro benzene ring substituents is 1. The molecule has 0 heterocycles. The van der Waals surface area contributed by atoms with Crippen molar-refractivity contribution in [2.24, 2.45) is 0 Å². The lowest BCUT2D eigenvalue weighted by Gasteiger charge is -2.15. The summed E-state index contributed by atoms with van der Waals surface area (Å²) in [5.41, 5.74) is 1.38. The van der Waals surface area contributed by atoms with E-state index in [4.69, 9.17) is 4.74 Å². The first-order valence-electron chi connectivity index (χ1n) is 5.55. The number of anilines is 1. The van der Waals surface area contributed by atoms with Gasteiger partial charge in [-0.05, 0) is 26.3 Å². The van der Waals surface area contributed by atoms with E-state index in [1.165, 1.54) is 0 Å². The summed E-state index contributed by atoms with van der Waals surface area (Å²) in [5.74, 6) is 0. The van der Waals surface area contributed by atoms with Crippen LogP contribution in [0.3, 0.4) is 0 Å². The number of methoxy groups -OCH3 is 1. The van der Waals surface area contributed by atoms with Crippen LogP contribution in [0.25, 0.3) is 0 Å². The summed E-state index contributed by atoms with van der Waals surface area (Å²) in [5, 5.41) is 14.1. The number of nitro groups is 1. The molecule has 0 saturated heterocycles. The summed E-state index contributed by atoms with van der Waals surface area (Å²) >= 11 is 0. The Labute approximate surface area is 101 Å². The van der Waals surface area contributed by atoms with Crippen molar-refractivity contribution in [2.45, 2.75) is 26.3 Å². The summed E-state index contributed by atoms with van der Waals surface area (Å²) in [7, 11) is 1.64. The third-order valence-corrected chi connectivity index (χ3v) is 2.58. The number of aryl methyl sites for hydroxylation is 1. The number of hydrogen-bond donors (Lipinski definition) is 1. The van der Waals surface area contributed by atoms with Gasteiger partial charge in [-0.3, -0.25) is 10.1 Å². The predicted molar refractivity (Wildman–Crippen MR) is 67.4 cm³/mol. The predicted octanol–water partition coefficient (Wildman–Crippen LogP) is 2.74. The fraction of sp³-hybridized carbons (Fsp3) is 0.500. The first kappa shape index (κ1) is 13.4. The summed E-state index contributed by atoms with van der Waals surface area (Å²) in [4.78, 5) is 10.6. The van der Waals surface area contributed by atoms with E-state index in [1.54, 1.807) is 26.2 Å². The summed E-state index contributed by atoms with van der Waals surface area (Å²) in [6.07, 6.45) is 0.807. The van der Waals surface area contributed by atoms with Gasteiger partial charge < -0.3 is 10.1 Å². The van der Waals surface area contributed by atoms with E-state index in [0.717, 1.165) is 6.42 Å². The number of benzene rings is 1. The van der Waals surface area contributed by atoms with Crippen LogP contribution in [0.2, 0.25) is 0 Å². The molecule has 0 bridgehead atoms. The fourth-order valence-corrected chi connectivity index (χ4v) is 1.65. The molecule has 1 aromatic carbocycles. The van der Waals surface area contributed by atoms with Gasteiger partial charge in [-0.15, -0.1) is 0 Å². The van der Waals surface area contributed by atoms with Gasteiger partial charge in [-0.25, -0.2) is 0 Å². The Balaban J connectivity index is 2.83. The van der Waals surface area contributed by atoms with Crippen molar-refractivity contribution >= 4 is 11.4 Å². The highest BCUT2D eigenvalue weighted by Gasteiger charge is 2.17. The van der Waals surface area contributed by atoms with Gasteiger partial charge in [0.1, 0.15) is 5.69 Å². The number of ether oxygens (including phenoxy) is 1. The number of nitrogens with zero attached hydrogens (tertiary/aromatic N) is 1. The molecule has 0 spiro atoms. The minimum absolute atomic E-state index is 0.135. The molecule has 17 heavy (non-hydrogen) atoms. The van der Waals surface area contributed by atoms with Crippen LogP contribution < -0.4 is 5.32 Å². The van der Waals surface area contributed by atoms with Crippen LogP contribution in [0.5, 0.6) is 0 Å². The Bertz CT molecular complexity index is 393. The topological polar surface area (TPSA) is 64.4 Å². The summed E-state index contributed by atoms with van der Waals surface area (Å²) in [6, 6.07) is 5.42. The first-order chi connectivity index (χ1) is 8.06. The van der Waals surface area contributed by atoms with Crippen LogP contribution in [-0.4, -0.2) is 24.7 Å². The van der Waals surface area contributed by atoms with Crippen molar-refractivity contribution in [3.8, 4) is 0 Å². The molecule has 0 aromatic heterocycles. The van der Waals surface area contributed by atoms with Gasteiger partial charge in [0, 0.05) is 25.3 Å².